The molecule has 0 saturated carbocycles. The normalized spacial score (nSPS) is 21.8. The van der Waals surface area contributed by atoms with Crippen molar-refractivity contribution in [3.05, 3.63) is 35.9 Å². The first kappa shape index (κ1) is 14.9. The lowest BCUT2D eigenvalue weighted by molar-refractivity contribution is 0.143. The van der Waals surface area contributed by atoms with Gasteiger partial charge in [-0.3, -0.25) is 0 Å². The van der Waals surface area contributed by atoms with Crippen LogP contribution in [0.15, 0.2) is 30.3 Å². The number of aliphatic hydroxyl groups is 1. The number of hydrogen-bond donors (Lipinski definition) is 1. The first-order valence-electron chi connectivity index (χ1n) is 7.16. The monoisotopic (exact) mass is 279 g/mol. The summed E-state index contributed by atoms with van der Waals surface area (Å²) in [6, 6.07) is 9.98. The Hall–Kier alpha value is -0.510. The molecule has 0 radical (unpaired) electrons. The van der Waals surface area contributed by atoms with Gasteiger partial charge >= 0.3 is 0 Å². The van der Waals surface area contributed by atoms with Gasteiger partial charge in [-0.2, -0.15) is 11.8 Å². The van der Waals surface area contributed by atoms with Gasteiger partial charge in [0.2, 0.25) is 0 Å². The quantitative estimate of drug-likeness (QED) is 0.914. The molecule has 19 heavy (non-hydrogen) atoms. The number of aliphatic hydroxyl groups excluding tert-OH is 1. The fourth-order valence-corrected chi connectivity index (χ4v) is 3.57. The third-order valence-corrected chi connectivity index (χ3v) is 5.21. The van der Waals surface area contributed by atoms with E-state index in [9.17, 15) is 5.11 Å². The summed E-state index contributed by atoms with van der Waals surface area (Å²) in [5.41, 5.74) is 1.03. The van der Waals surface area contributed by atoms with Crippen LogP contribution >= 0.6 is 11.8 Å². The molecule has 0 bridgehead atoms. The van der Waals surface area contributed by atoms with Gasteiger partial charge in [0.05, 0.1) is 6.10 Å². The van der Waals surface area contributed by atoms with Gasteiger partial charge in [-0.15, -0.1) is 0 Å². The molecule has 1 aromatic rings. The summed E-state index contributed by atoms with van der Waals surface area (Å²) >= 11 is 2.07. The minimum atomic E-state index is -0.329. The Morgan fingerprint density at radius 3 is 2.74 bits per heavy atom. The molecule has 106 valence electrons. The van der Waals surface area contributed by atoms with Crippen molar-refractivity contribution in [1.82, 2.24) is 4.90 Å². The molecule has 1 aliphatic heterocycles. The lowest BCUT2D eigenvalue weighted by Gasteiger charge is -2.23. The van der Waals surface area contributed by atoms with Gasteiger partial charge in [0.1, 0.15) is 0 Å². The van der Waals surface area contributed by atoms with Gasteiger partial charge in [-0.1, -0.05) is 44.2 Å². The first-order valence-corrected chi connectivity index (χ1v) is 8.15. The van der Waals surface area contributed by atoms with Crippen molar-refractivity contribution in [3.63, 3.8) is 0 Å². The topological polar surface area (TPSA) is 23.5 Å². The minimum absolute atomic E-state index is 0.329. The highest BCUT2D eigenvalue weighted by molar-refractivity contribution is 8.00. The highest BCUT2D eigenvalue weighted by atomic mass is 32.2. The highest BCUT2D eigenvalue weighted by Gasteiger charge is 2.23. The molecule has 1 N–H and O–H groups in total. The zero-order chi connectivity index (χ0) is 13.7. The third kappa shape index (κ3) is 4.83. The van der Waals surface area contributed by atoms with Crippen LogP contribution in [0.5, 0.6) is 0 Å². The summed E-state index contributed by atoms with van der Waals surface area (Å²) in [7, 11) is 0. The lowest BCUT2D eigenvalue weighted by Crippen LogP contribution is -2.29. The molecule has 3 heteroatoms. The van der Waals surface area contributed by atoms with Crippen LogP contribution in [0, 0.1) is 0 Å². The van der Waals surface area contributed by atoms with Crippen molar-refractivity contribution in [1.29, 1.82) is 0 Å². The second kappa shape index (κ2) is 6.78. The molecular weight excluding hydrogens is 254 g/mol. The lowest BCUT2D eigenvalue weighted by atomic mass is 10.1. The van der Waals surface area contributed by atoms with Crippen LogP contribution in [0.25, 0.3) is 0 Å². The number of rotatable bonds is 4. The van der Waals surface area contributed by atoms with Crippen LogP contribution in [-0.2, 0) is 0 Å². The van der Waals surface area contributed by atoms with Gasteiger partial charge in [0, 0.05) is 23.6 Å². The van der Waals surface area contributed by atoms with Crippen molar-refractivity contribution < 1.29 is 5.11 Å². The molecule has 0 aromatic heterocycles. The van der Waals surface area contributed by atoms with Crippen LogP contribution in [-0.4, -0.2) is 40.1 Å². The molecule has 1 saturated heterocycles. The van der Waals surface area contributed by atoms with Crippen molar-refractivity contribution in [2.75, 3.05) is 25.4 Å². The molecule has 1 unspecified atom stereocenters. The molecule has 0 amide bonds. The van der Waals surface area contributed by atoms with Crippen LogP contribution in [0.1, 0.15) is 38.4 Å². The predicted molar refractivity (Wildman–Crippen MR) is 83.6 cm³/mol. The Morgan fingerprint density at radius 1 is 1.26 bits per heavy atom. The van der Waals surface area contributed by atoms with Crippen LogP contribution in [0.3, 0.4) is 0 Å². The van der Waals surface area contributed by atoms with E-state index in [1.807, 2.05) is 30.3 Å². The summed E-state index contributed by atoms with van der Waals surface area (Å²) < 4.78 is 0.410. The number of thioether (sulfide) groups is 1. The first-order chi connectivity index (χ1) is 9.07. The fraction of sp³-hybridized carbons (Fsp3) is 0.625. The SMILES string of the molecule is CC1(C)CCN(CCC(O)c2ccccc2)CCS1. The van der Waals surface area contributed by atoms with Gasteiger partial charge in [0.25, 0.3) is 0 Å². The van der Waals surface area contributed by atoms with E-state index in [1.54, 1.807) is 0 Å². The fourth-order valence-electron chi connectivity index (χ4n) is 2.43. The largest absolute Gasteiger partial charge is 0.388 e. The van der Waals surface area contributed by atoms with Gasteiger partial charge in [-0.05, 0) is 24.9 Å². The smallest absolute Gasteiger partial charge is 0.0802 e. The standard InChI is InChI=1S/C16H25NOS/c1-16(2)9-11-17(12-13-19-16)10-8-15(18)14-6-4-3-5-7-14/h3-7,15,18H,8-13H2,1-2H3. The molecule has 1 aliphatic rings. The van der Waals surface area contributed by atoms with Gasteiger partial charge in [0.15, 0.2) is 0 Å². The van der Waals surface area contributed by atoms with E-state index in [4.69, 9.17) is 0 Å². The third-order valence-electron chi connectivity index (χ3n) is 3.83. The Bertz CT molecular complexity index is 380. The second-order valence-corrected chi connectivity index (χ2v) is 7.72. The zero-order valence-corrected chi connectivity index (χ0v) is 12.8. The Morgan fingerprint density at radius 2 is 2.00 bits per heavy atom. The summed E-state index contributed by atoms with van der Waals surface area (Å²) in [4.78, 5) is 2.49. The van der Waals surface area contributed by atoms with E-state index in [0.717, 1.165) is 31.6 Å². The van der Waals surface area contributed by atoms with E-state index in [2.05, 4.69) is 30.5 Å². The second-order valence-electron chi connectivity index (χ2n) is 5.91. The molecule has 2 rings (SSSR count). The van der Waals surface area contributed by atoms with Crippen LogP contribution in [0.4, 0.5) is 0 Å². The average molecular weight is 279 g/mol. The Kier molecular flexibility index (Phi) is 5.31. The molecule has 1 aromatic carbocycles. The van der Waals surface area contributed by atoms with Gasteiger partial charge < -0.3 is 10.0 Å². The summed E-state index contributed by atoms with van der Waals surface area (Å²) in [5, 5.41) is 10.2. The molecule has 1 atom stereocenters. The Labute approximate surface area is 121 Å². The van der Waals surface area contributed by atoms with Crippen LogP contribution < -0.4 is 0 Å². The molecule has 0 spiro atoms. The van der Waals surface area contributed by atoms with Crippen molar-refractivity contribution in [3.8, 4) is 0 Å². The van der Waals surface area contributed by atoms with Crippen molar-refractivity contribution >= 4 is 11.8 Å². The highest BCUT2D eigenvalue weighted by Crippen LogP contribution is 2.30. The van der Waals surface area contributed by atoms with E-state index in [1.165, 1.54) is 12.2 Å². The maximum absolute atomic E-state index is 10.2. The molecular formula is C16H25NOS. The summed E-state index contributed by atoms with van der Waals surface area (Å²) in [6.07, 6.45) is 1.74. The summed E-state index contributed by atoms with van der Waals surface area (Å²) in [6.45, 7) is 7.96. The molecule has 0 aliphatic carbocycles. The molecule has 2 nitrogen and oxygen atoms in total. The van der Waals surface area contributed by atoms with E-state index < -0.39 is 0 Å². The van der Waals surface area contributed by atoms with Gasteiger partial charge in [-0.25, -0.2) is 0 Å². The number of benzene rings is 1. The van der Waals surface area contributed by atoms with Crippen LogP contribution in [0.2, 0.25) is 0 Å². The van der Waals surface area contributed by atoms with E-state index >= 15 is 0 Å². The Balaban J connectivity index is 1.79. The van der Waals surface area contributed by atoms with E-state index in [0.29, 0.717) is 4.75 Å². The predicted octanol–water partition coefficient (Wildman–Crippen LogP) is 3.33. The molecule has 1 heterocycles. The number of nitrogens with zero attached hydrogens (tertiary/aromatic N) is 1. The van der Waals surface area contributed by atoms with Crippen molar-refractivity contribution in [2.45, 2.75) is 37.5 Å². The van der Waals surface area contributed by atoms with E-state index in [-0.39, 0.29) is 6.10 Å². The zero-order valence-electron chi connectivity index (χ0n) is 12.0. The average Bonchev–Trinajstić information content (AvgIpc) is 2.58. The summed E-state index contributed by atoms with van der Waals surface area (Å²) in [5.74, 6) is 1.20. The molecule has 1 fully saturated rings. The minimum Gasteiger partial charge on any atom is -0.388 e. The maximum Gasteiger partial charge on any atom is 0.0802 e. The maximum atomic E-state index is 10.2. The number of hydrogen-bond acceptors (Lipinski definition) is 3. The van der Waals surface area contributed by atoms with Crippen molar-refractivity contribution in [2.24, 2.45) is 0 Å².